The van der Waals surface area contributed by atoms with Gasteiger partial charge in [-0.3, -0.25) is 4.57 Å². The first kappa shape index (κ1) is 19.6. The highest BCUT2D eigenvalue weighted by molar-refractivity contribution is 7.98. The quantitative estimate of drug-likeness (QED) is 0.523. The molecule has 0 atom stereocenters. The van der Waals surface area contributed by atoms with Crippen molar-refractivity contribution < 1.29 is 4.74 Å². The van der Waals surface area contributed by atoms with E-state index in [2.05, 4.69) is 43.9 Å². The fourth-order valence-corrected chi connectivity index (χ4v) is 4.26. The summed E-state index contributed by atoms with van der Waals surface area (Å²) in [6, 6.07) is 16.1. The molecule has 2 aromatic carbocycles. The molecule has 4 rings (SSSR count). The number of thioether (sulfide) groups is 1. The summed E-state index contributed by atoms with van der Waals surface area (Å²) in [5.41, 5.74) is 2.31. The van der Waals surface area contributed by atoms with Gasteiger partial charge in [-0.1, -0.05) is 71.4 Å². The average Bonchev–Trinajstić information content (AvgIpc) is 3.13. The second-order valence-electron chi connectivity index (χ2n) is 6.49. The monoisotopic (exact) mass is 434 g/mol. The number of aromatic nitrogens is 3. The molecule has 0 spiro atoms. The topological polar surface area (TPSA) is 43.2 Å². The van der Waals surface area contributed by atoms with Gasteiger partial charge < -0.3 is 9.64 Å². The third-order valence-corrected chi connectivity index (χ3v) is 6.30. The Hall–Kier alpha value is -1.73. The molecule has 0 aliphatic carbocycles. The molecule has 1 fully saturated rings. The highest BCUT2D eigenvalue weighted by Gasteiger charge is 2.21. The number of hydrogen-bond donors (Lipinski definition) is 0. The van der Waals surface area contributed by atoms with Crippen LogP contribution < -0.4 is 4.90 Å². The van der Waals surface area contributed by atoms with Crippen LogP contribution in [0.15, 0.2) is 53.7 Å². The van der Waals surface area contributed by atoms with Crippen LogP contribution in [-0.4, -0.2) is 41.1 Å². The minimum atomic E-state index is 0.567. The van der Waals surface area contributed by atoms with Crippen LogP contribution in [0.25, 0.3) is 0 Å². The molecular formula is C20H20Cl2N4OS. The number of benzene rings is 2. The summed E-state index contributed by atoms with van der Waals surface area (Å²) in [5, 5.41) is 11.0. The molecular weight excluding hydrogens is 415 g/mol. The maximum absolute atomic E-state index is 6.15. The van der Waals surface area contributed by atoms with Crippen LogP contribution in [0.5, 0.6) is 0 Å². The van der Waals surface area contributed by atoms with E-state index in [0.717, 1.165) is 42.1 Å². The molecule has 0 N–H and O–H groups in total. The van der Waals surface area contributed by atoms with Gasteiger partial charge in [0.1, 0.15) is 0 Å². The van der Waals surface area contributed by atoms with Crippen molar-refractivity contribution in [3.8, 4) is 0 Å². The molecule has 3 aromatic rings. The molecule has 0 amide bonds. The molecule has 0 radical (unpaired) electrons. The van der Waals surface area contributed by atoms with Gasteiger partial charge in [0, 0.05) is 18.8 Å². The van der Waals surface area contributed by atoms with Crippen molar-refractivity contribution in [2.45, 2.75) is 17.5 Å². The van der Waals surface area contributed by atoms with Gasteiger partial charge >= 0.3 is 0 Å². The van der Waals surface area contributed by atoms with Crippen molar-refractivity contribution in [3.63, 3.8) is 0 Å². The average molecular weight is 435 g/mol. The van der Waals surface area contributed by atoms with Crippen molar-refractivity contribution in [1.29, 1.82) is 0 Å². The van der Waals surface area contributed by atoms with E-state index in [1.165, 1.54) is 5.56 Å². The number of hydrogen-bond acceptors (Lipinski definition) is 5. The summed E-state index contributed by atoms with van der Waals surface area (Å²) in [4.78, 5) is 2.24. The molecule has 1 aliphatic rings. The molecule has 0 saturated carbocycles. The van der Waals surface area contributed by atoms with Crippen LogP contribution in [0.3, 0.4) is 0 Å². The Morgan fingerprint density at radius 2 is 1.71 bits per heavy atom. The first-order valence-electron chi connectivity index (χ1n) is 9.07. The van der Waals surface area contributed by atoms with Gasteiger partial charge in [0.05, 0.1) is 29.8 Å². The number of nitrogens with zero attached hydrogens (tertiary/aromatic N) is 4. The maximum atomic E-state index is 6.15. The van der Waals surface area contributed by atoms with Gasteiger partial charge in [0.2, 0.25) is 5.95 Å². The summed E-state index contributed by atoms with van der Waals surface area (Å²) in [6.45, 7) is 3.80. The Kier molecular flexibility index (Phi) is 6.42. The highest BCUT2D eigenvalue weighted by Crippen LogP contribution is 2.29. The number of rotatable bonds is 6. The molecule has 0 unspecified atom stereocenters. The standard InChI is InChI=1S/C20H20Cl2N4OS/c21-17-7-6-16(12-18(17)22)14-28-20-24-23-19(25-8-10-27-11-9-25)26(20)13-15-4-2-1-3-5-15/h1-7,12H,8-11,13-14H2. The smallest absolute Gasteiger partial charge is 0.228 e. The second-order valence-corrected chi connectivity index (χ2v) is 8.25. The molecule has 2 heterocycles. The Labute approximate surface area is 178 Å². The maximum Gasteiger partial charge on any atom is 0.228 e. The van der Waals surface area contributed by atoms with E-state index < -0.39 is 0 Å². The Morgan fingerprint density at radius 1 is 0.929 bits per heavy atom. The Bertz CT molecular complexity index is 929. The van der Waals surface area contributed by atoms with Gasteiger partial charge in [0.25, 0.3) is 0 Å². The third-order valence-electron chi connectivity index (χ3n) is 4.53. The van der Waals surface area contributed by atoms with Crippen molar-refractivity contribution >= 4 is 40.9 Å². The summed E-state index contributed by atoms with van der Waals surface area (Å²) in [7, 11) is 0. The summed E-state index contributed by atoms with van der Waals surface area (Å²) in [6.07, 6.45) is 0. The lowest BCUT2D eigenvalue weighted by molar-refractivity contribution is 0.121. The predicted molar refractivity (Wildman–Crippen MR) is 115 cm³/mol. The first-order chi connectivity index (χ1) is 13.7. The van der Waals surface area contributed by atoms with E-state index in [1.807, 2.05) is 24.3 Å². The summed E-state index contributed by atoms with van der Waals surface area (Å²) < 4.78 is 7.67. The summed E-state index contributed by atoms with van der Waals surface area (Å²) >= 11 is 13.8. The molecule has 28 heavy (non-hydrogen) atoms. The normalized spacial score (nSPS) is 14.4. The van der Waals surface area contributed by atoms with Crippen molar-refractivity contribution in [2.75, 3.05) is 31.2 Å². The first-order valence-corrected chi connectivity index (χ1v) is 10.8. The van der Waals surface area contributed by atoms with Crippen molar-refractivity contribution in [1.82, 2.24) is 14.8 Å². The zero-order valence-electron chi connectivity index (χ0n) is 15.2. The third kappa shape index (κ3) is 4.63. The summed E-state index contributed by atoms with van der Waals surface area (Å²) in [5.74, 6) is 1.64. The Balaban J connectivity index is 1.58. The van der Waals surface area contributed by atoms with E-state index in [1.54, 1.807) is 11.8 Å². The van der Waals surface area contributed by atoms with E-state index in [4.69, 9.17) is 27.9 Å². The van der Waals surface area contributed by atoms with Crippen molar-refractivity contribution in [3.05, 3.63) is 69.7 Å². The number of morpholine rings is 1. The molecule has 0 bridgehead atoms. The lowest BCUT2D eigenvalue weighted by Gasteiger charge is -2.28. The van der Waals surface area contributed by atoms with E-state index >= 15 is 0 Å². The van der Waals surface area contributed by atoms with Crippen LogP contribution in [0.1, 0.15) is 11.1 Å². The van der Waals surface area contributed by atoms with Gasteiger partial charge in [0.15, 0.2) is 5.16 Å². The van der Waals surface area contributed by atoms with E-state index in [9.17, 15) is 0 Å². The van der Waals surface area contributed by atoms with Gasteiger partial charge in [-0.25, -0.2) is 0 Å². The Morgan fingerprint density at radius 3 is 2.46 bits per heavy atom. The van der Waals surface area contributed by atoms with Crippen molar-refractivity contribution in [2.24, 2.45) is 0 Å². The molecule has 146 valence electrons. The number of anilines is 1. The van der Waals surface area contributed by atoms with Crippen LogP contribution >= 0.6 is 35.0 Å². The lowest BCUT2D eigenvalue weighted by atomic mass is 10.2. The SMILES string of the molecule is Clc1ccc(CSc2nnc(N3CCOCC3)n2Cc2ccccc2)cc1Cl. The van der Waals surface area contributed by atoms with Gasteiger partial charge in [-0.05, 0) is 23.3 Å². The van der Waals surface area contributed by atoms with Gasteiger partial charge in [-0.2, -0.15) is 0 Å². The number of ether oxygens (including phenoxy) is 1. The van der Waals surface area contributed by atoms with Crippen LogP contribution in [0, 0.1) is 0 Å². The zero-order chi connectivity index (χ0) is 19.3. The minimum Gasteiger partial charge on any atom is -0.378 e. The lowest BCUT2D eigenvalue weighted by Crippen LogP contribution is -2.38. The van der Waals surface area contributed by atoms with Crippen LogP contribution in [0.2, 0.25) is 10.0 Å². The molecule has 1 aromatic heterocycles. The molecule has 5 nitrogen and oxygen atoms in total. The number of halogens is 2. The fraction of sp³-hybridized carbons (Fsp3) is 0.300. The molecule has 1 saturated heterocycles. The fourth-order valence-electron chi connectivity index (χ4n) is 3.07. The minimum absolute atomic E-state index is 0.567. The molecule has 1 aliphatic heterocycles. The zero-order valence-corrected chi connectivity index (χ0v) is 17.6. The van der Waals surface area contributed by atoms with Crippen LogP contribution in [0.4, 0.5) is 5.95 Å². The van der Waals surface area contributed by atoms with Gasteiger partial charge in [-0.15, -0.1) is 10.2 Å². The molecule has 8 heteroatoms. The van der Waals surface area contributed by atoms with Crippen LogP contribution in [-0.2, 0) is 17.0 Å². The highest BCUT2D eigenvalue weighted by atomic mass is 35.5. The van der Waals surface area contributed by atoms with E-state index in [0.29, 0.717) is 23.3 Å². The largest absolute Gasteiger partial charge is 0.378 e. The second kappa shape index (κ2) is 9.18. The predicted octanol–water partition coefficient (Wildman–Crippen LogP) is 4.76. The van der Waals surface area contributed by atoms with E-state index in [-0.39, 0.29) is 0 Å².